The largest absolute Gasteiger partial charge is 0.507 e. The quantitative estimate of drug-likeness (QED) is 0.702. The molecule has 0 aliphatic carbocycles. The third-order valence-electron chi connectivity index (χ3n) is 4.72. The number of hydrogen-bond acceptors (Lipinski definition) is 5. The Morgan fingerprint density at radius 1 is 1.21 bits per heavy atom. The highest BCUT2D eigenvalue weighted by Gasteiger charge is 2.28. The van der Waals surface area contributed by atoms with Gasteiger partial charge in [0.1, 0.15) is 24.2 Å². The lowest BCUT2D eigenvalue weighted by molar-refractivity contribution is -0.0227. The molecule has 144 valence electrons. The van der Waals surface area contributed by atoms with Crippen LogP contribution in [0.25, 0.3) is 0 Å². The third kappa shape index (κ3) is 4.18. The summed E-state index contributed by atoms with van der Waals surface area (Å²) < 4.78 is 11.6. The van der Waals surface area contributed by atoms with E-state index in [0.29, 0.717) is 32.1 Å². The maximum atomic E-state index is 13.0. The van der Waals surface area contributed by atoms with Gasteiger partial charge in [-0.25, -0.2) is 0 Å². The van der Waals surface area contributed by atoms with Crippen LogP contribution in [-0.2, 0) is 11.3 Å². The molecule has 1 atom stereocenters. The van der Waals surface area contributed by atoms with Crippen molar-refractivity contribution in [2.24, 2.45) is 0 Å². The van der Waals surface area contributed by atoms with Crippen LogP contribution in [0, 0.1) is 0 Å². The molecule has 2 heterocycles. The van der Waals surface area contributed by atoms with Gasteiger partial charge in [-0.2, -0.15) is 11.3 Å². The second-order valence-corrected chi connectivity index (χ2v) is 7.40. The van der Waals surface area contributed by atoms with Gasteiger partial charge in [-0.15, -0.1) is 0 Å². The minimum absolute atomic E-state index is 0.0457. The van der Waals surface area contributed by atoms with Gasteiger partial charge in [0.2, 0.25) is 0 Å². The molecule has 0 saturated carbocycles. The summed E-state index contributed by atoms with van der Waals surface area (Å²) in [6.45, 7) is 1.83. The minimum Gasteiger partial charge on any atom is -0.507 e. The fraction of sp³-hybridized carbons (Fsp3) is 0.227. The first kappa shape index (κ1) is 18.5. The molecular formula is C22H21NO4S. The van der Waals surface area contributed by atoms with Crippen LogP contribution in [0.5, 0.6) is 11.5 Å². The summed E-state index contributed by atoms with van der Waals surface area (Å²) in [5.74, 6) is 0.287. The molecule has 1 amide bonds. The van der Waals surface area contributed by atoms with E-state index in [9.17, 15) is 9.90 Å². The molecule has 0 bridgehead atoms. The first-order valence-electron chi connectivity index (χ1n) is 9.13. The highest BCUT2D eigenvalue weighted by molar-refractivity contribution is 7.07. The Bertz CT molecular complexity index is 927. The minimum atomic E-state index is -0.216. The number of thiophene rings is 1. The second-order valence-electron chi connectivity index (χ2n) is 6.62. The maximum absolute atomic E-state index is 13.0. The Morgan fingerprint density at radius 2 is 2.07 bits per heavy atom. The zero-order valence-electron chi connectivity index (χ0n) is 15.3. The van der Waals surface area contributed by atoms with E-state index in [1.54, 1.807) is 28.4 Å². The molecule has 5 nitrogen and oxygen atoms in total. The Morgan fingerprint density at radius 3 is 2.86 bits per heavy atom. The van der Waals surface area contributed by atoms with Gasteiger partial charge in [0.25, 0.3) is 5.91 Å². The van der Waals surface area contributed by atoms with Crippen LogP contribution in [0.4, 0.5) is 0 Å². The Balaban J connectivity index is 1.47. The van der Waals surface area contributed by atoms with Gasteiger partial charge in [-0.1, -0.05) is 30.3 Å². The van der Waals surface area contributed by atoms with E-state index in [1.165, 1.54) is 6.07 Å². The van der Waals surface area contributed by atoms with Crippen molar-refractivity contribution in [3.8, 4) is 11.5 Å². The second kappa shape index (κ2) is 8.46. The van der Waals surface area contributed by atoms with E-state index in [0.717, 1.165) is 11.1 Å². The van der Waals surface area contributed by atoms with E-state index in [4.69, 9.17) is 9.47 Å². The third-order valence-corrected chi connectivity index (χ3v) is 5.42. The van der Waals surface area contributed by atoms with Crippen LogP contribution >= 0.6 is 11.3 Å². The van der Waals surface area contributed by atoms with Gasteiger partial charge in [0.15, 0.2) is 0 Å². The fourth-order valence-electron chi connectivity index (χ4n) is 3.18. The molecule has 1 aromatic heterocycles. The summed E-state index contributed by atoms with van der Waals surface area (Å²) in [4.78, 5) is 14.7. The first-order chi connectivity index (χ1) is 13.7. The standard InChI is InChI=1S/C22H21NO4S/c24-20-7-6-18(27-14-16-4-2-1-3-5-16)12-19(20)22(25)23-9-10-26-21(13-23)17-8-11-28-15-17/h1-8,11-12,15,21,24H,9-10,13-14H2/t21-/m1/s1. The van der Waals surface area contributed by atoms with E-state index < -0.39 is 0 Å². The molecule has 1 aliphatic rings. The van der Waals surface area contributed by atoms with Crippen molar-refractivity contribution in [2.45, 2.75) is 12.7 Å². The van der Waals surface area contributed by atoms with Gasteiger partial charge < -0.3 is 19.5 Å². The Kier molecular flexibility index (Phi) is 5.60. The highest BCUT2D eigenvalue weighted by atomic mass is 32.1. The number of nitrogens with zero attached hydrogens (tertiary/aromatic N) is 1. The molecule has 1 saturated heterocycles. The van der Waals surface area contributed by atoms with Crippen molar-refractivity contribution in [2.75, 3.05) is 19.7 Å². The number of carbonyl (C=O) groups is 1. The van der Waals surface area contributed by atoms with Gasteiger partial charge in [0.05, 0.1) is 18.7 Å². The average Bonchev–Trinajstić information content (AvgIpc) is 3.28. The van der Waals surface area contributed by atoms with Crippen molar-refractivity contribution >= 4 is 17.2 Å². The van der Waals surface area contributed by atoms with Crippen LogP contribution in [0.2, 0.25) is 0 Å². The number of ether oxygens (including phenoxy) is 2. The molecule has 4 rings (SSSR count). The van der Waals surface area contributed by atoms with Gasteiger partial charge >= 0.3 is 0 Å². The molecule has 28 heavy (non-hydrogen) atoms. The van der Waals surface area contributed by atoms with Gasteiger partial charge in [0, 0.05) is 6.54 Å². The Labute approximate surface area is 167 Å². The highest BCUT2D eigenvalue weighted by Crippen LogP contribution is 2.29. The topological polar surface area (TPSA) is 59.0 Å². The number of phenolic OH excluding ortho intramolecular Hbond substituents is 1. The summed E-state index contributed by atoms with van der Waals surface area (Å²) in [6.07, 6.45) is -0.136. The van der Waals surface area contributed by atoms with Crippen molar-refractivity contribution in [3.63, 3.8) is 0 Å². The van der Waals surface area contributed by atoms with E-state index in [-0.39, 0.29) is 23.3 Å². The van der Waals surface area contributed by atoms with Crippen LogP contribution < -0.4 is 4.74 Å². The lowest BCUT2D eigenvalue weighted by Gasteiger charge is -2.33. The van der Waals surface area contributed by atoms with Crippen LogP contribution in [-0.4, -0.2) is 35.6 Å². The molecule has 2 aromatic carbocycles. The zero-order valence-corrected chi connectivity index (χ0v) is 16.1. The summed E-state index contributed by atoms with van der Waals surface area (Å²) >= 11 is 1.61. The summed E-state index contributed by atoms with van der Waals surface area (Å²) in [6, 6.07) is 16.6. The van der Waals surface area contributed by atoms with Crippen LogP contribution in [0.3, 0.4) is 0 Å². The maximum Gasteiger partial charge on any atom is 0.257 e. The predicted octanol–water partition coefficient (Wildman–Crippen LogP) is 4.25. The van der Waals surface area contributed by atoms with Crippen LogP contribution in [0.1, 0.15) is 27.6 Å². The molecule has 3 aromatic rings. The van der Waals surface area contributed by atoms with Crippen molar-refractivity contribution < 1.29 is 19.4 Å². The zero-order chi connectivity index (χ0) is 19.3. The number of aromatic hydroxyl groups is 1. The molecule has 1 N–H and O–H groups in total. The number of benzene rings is 2. The first-order valence-corrected chi connectivity index (χ1v) is 10.1. The van der Waals surface area contributed by atoms with Gasteiger partial charge in [-0.3, -0.25) is 4.79 Å². The summed E-state index contributed by atoms with van der Waals surface area (Å²) in [5.41, 5.74) is 2.36. The number of phenols is 1. The lowest BCUT2D eigenvalue weighted by atomic mass is 10.1. The number of carbonyl (C=O) groups excluding carboxylic acids is 1. The molecule has 0 spiro atoms. The average molecular weight is 395 g/mol. The van der Waals surface area contributed by atoms with Crippen molar-refractivity contribution in [3.05, 3.63) is 82.0 Å². The van der Waals surface area contributed by atoms with Crippen LogP contribution in [0.15, 0.2) is 65.4 Å². The normalized spacial score (nSPS) is 16.7. The Hall–Kier alpha value is -2.83. The molecule has 0 radical (unpaired) electrons. The number of morpholine rings is 1. The van der Waals surface area contributed by atoms with Crippen molar-refractivity contribution in [1.82, 2.24) is 4.90 Å². The van der Waals surface area contributed by atoms with Gasteiger partial charge in [-0.05, 0) is 46.2 Å². The molecule has 0 unspecified atom stereocenters. The van der Waals surface area contributed by atoms with E-state index in [2.05, 4.69) is 0 Å². The number of rotatable bonds is 5. The molecular weight excluding hydrogens is 374 g/mol. The smallest absolute Gasteiger partial charge is 0.257 e. The number of amides is 1. The number of hydrogen-bond donors (Lipinski definition) is 1. The molecule has 1 aliphatic heterocycles. The summed E-state index contributed by atoms with van der Waals surface area (Å²) in [7, 11) is 0. The fourth-order valence-corrected chi connectivity index (χ4v) is 3.88. The van der Waals surface area contributed by atoms with E-state index in [1.807, 2.05) is 47.2 Å². The van der Waals surface area contributed by atoms with E-state index >= 15 is 0 Å². The predicted molar refractivity (Wildman–Crippen MR) is 108 cm³/mol. The SMILES string of the molecule is O=C(c1cc(OCc2ccccc2)ccc1O)N1CCO[C@@H](c2ccsc2)C1. The lowest BCUT2D eigenvalue weighted by Crippen LogP contribution is -2.42. The summed E-state index contributed by atoms with van der Waals surface area (Å²) in [5, 5.41) is 14.3. The monoisotopic (exact) mass is 395 g/mol. The molecule has 6 heteroatoms. The molecule has 1 fully saturated rings. The van der Waals surface area contributed by atoms with Crippen molar-refractivity contribution in [1.29, 1.82) is 0 Å².